The molecule has 1 heterocycles. The van der Waals surface area contributed by atoms with Crippen molar-refractivity contribution in [3.8, 4) is 5.75 Å². The van der Waals surface area contributed by atoms with Crippen LogP contribution < -0.4 is 10.5 Å². The van der Waals surface area contributed by atoms with E-state index in [1.54, 1.807) is 48.5 Å². The summed E-state index contributed by atoms with van der Waals surface area (Å²) >= 11 is 0. The first-order valence-electron chi connectivity index (χ1n) is 11.2. The van der Waals surface area contributed by atoms with Crippen LogP contribution in [0.3, 0.4) is 0 Å². The molecule has 0 saturated heterocycles. The molecular weight excluding hydrogens is 406 g/mol. The highest BCUT2D eigenvalue weighted by Crippen LogP contribution is 2.30. The van der Waals surface area contributed by atoms with Crippen molar-refractivity contribution in [2.24, 2.45) is 5.73 Å². The van der Waals surface area contributed by atoms with Gasteiger partial charge in [0.15, 0.2) is 0 Å². The third-order valence-electron chi connectivity index (χ3n) is 5.45. The average molecular weight is 436 g/mol. The van der Waals surface area contributed by atoms with Gasteiger partial charge in [0, 0.05) is 0 Å². The zero-order valence-corrected chi connectivity index (χ0v) is 18.4. The number of nitrogens with two attached hydrogens (primary N) is 1. The molecule has 0 unspecified atom stereocenters. The van der Waals surface area contributed by atoms with Crippen LogP contribution in [0.2, 0.25) is 0 Å². The van der Waals surface area contributed by atoms with E-state index in [9.17, 15) is 14.4 Å². The van der Waals surface area contributed by atoms with E-state index in [1.807, 2.05) is 0 Å². The number of ether oxygens (including phenoxy) is 2. The second kappa shape index (κ2) is 11.3. The molecule has 3 rings (SSSR count). The predicted molar refractivity (Wildman–Crippen MR) is 122 cm³/mol. The number of fused-ring (bicyclic) bond motifs is 1. The lowest BCUT2D eigenvalue weighted by Crippen LogP contribution is -2.28. The first-order chi connectivity index (χ1) is 15.5. The summed E-state index contributed by atoms with van der Waals surface area (Å²) in [7, 11) is 0. The summed E-state index contributed by atoms with van der Waals surface area (Å²) in [5.74, 6) is -1.45. The summed E-state index contributed by atoms with van der Waals surface area (Å²) in [5.41, 5.74) is 7.06. The van der Waals surface area contributed by atoms with Crippen LogP contribution in [0.4, 0.5) is 0 Å². The van der Waals surface area contributed by atoms with Crippen molar-refractivity contribution in [3.63, 3.8) is 0 Å². The zero-order valence-electron chi connectivity index (χ0n) is 18.4. The number of rotatable bonds is 10. The molecular formula is C26H29NO5. The first kappa shape index (κ1) is 23.3. The summed E-state index contributed by atoms with van der Waals surface area (Å²) in [6.45, 7) is 2.58. The number of carbonyl (C=O) groups excluding carboxylic acids is 3. The molecule has 2 aromatic carbocycles. The zero-order chi connectivity index (χ0) is 22.9. The molecule has 0 bridgehead atoms. The molecule has 0 radical (unpaired) electrons. The molecule has 6 heteroatoms. The summed E-state index contributed by atoms with van der Waals surface area (Å²) in [5, 5.41) is 0. The van der Waals surface area contributed by atoms with E-state index < -0.39 is 17.7 Å². The molecule has 0 spiro atoms. The van der Waals surface area contributed by atoms with Gasteiger partial charge in [0.1, 0.15) is 11.3 Å². The summed E-state index contributed by atoms with van der Waals surface area (Å²) in [6, 6.07) is 12.8. The van der Waals surface area contributed by atoms with Crippen molar-refractivity contribution in [2.75, 3.05) is 6.61 Å². The second-order valence-corrected chi connectivity index (χ2v) is 7.84. The van der Waals surface area contributed by atoms with E-state index >= 15 is 0 Å². The first-order valence-corrected chi connectivity index (χ1v) is 11.2. The smallest absolute Gasteiger partial charge is 0.349 e. The standard InChI is InChI=1S/C26H29NO5/c1-2-3-4-5-6-7-10-17-31-25(29)19-15-13-18(14-16-19)23(27)22-24(28)20-11-8-9-12-21(20)32-26(22)30/h8-9,11-16H,2-7,10,17,27H2,1H3/b23-22-. The molecule has 0 saturated carbocycles. The van der Waals surface area contributed by atoms with Crippen LogP contribution in [0.25, 0.3) is 5.70 Å². The Hall–Kier alpha value is -3.41. The molecule has 32 heavy (non-hydrogen) atoms. The number of ketones is 1. The third kappa shape index (κ3) is 5.63. The lowest BCUT2D eigenvalue weighted by molar-refractivity contribution is -0.130. The van der Waals surface area contributed by atoms with E-state index in [4.69, 9.17) is 15.2 Å². The minimum atomic E-state index is -0.788. The lowest BCUT2D eigenvalue weighted by atomic mass is 9.95. The normalized spacial score (nSPS) is 14.5. The summed E-state index contributed by atoms with van der Waals surface area (Å²) in [6.07, 6.45) is 8.04. The number of para-hydroxylation sites is 1. The minimum Gasteiger partial charge on any atom is -0.462 e. The van der Waals surface area contributed by atoms with Gasteiger partial charge in [-0.25, -0.2) is 9.59 Å². The number of unbranched alkanes of at least 4 members (excludes halogenated alkanes) is 6. The van der Waals surface area contributed by atoms with E-state index in [0.29, 0.717) is 17.7 Å². The molecule has 0 amide bonds. The van der Waals surface area contributed by atoms with Gasteiger partial charge in [0.05, 0.1) is 23.4 Å². The Balaban J connectivity index is 1.59. The molecule has 2 aromatic rings. The number of hydrogen-bond acceptors (Lipinski definition) is 6. The van der Waals surface area contributed by atoms with Crippen molar-refractivity contribution >= 4 is 23.4 Å². The fourth-order valence-corrected chi connectivity index (χ4v) is 3.59. The van der Waals surface area contributed by atoms with Crippen LogP contribution in [0.1, 0.15) is 78.1 Å². The van der Waals surface area contributed by atoms with Gasteiger partial charge in [-0.3, -0.25) is 4.79 Å². The van der Waals surface area contributed by atoms with Crippen LogP contribution in [0.5, 0.6) is 5.75 Å². The maximum atomic E-state index is 12.7. The quantitative estimate of drug-likeness (QED) is 0.184. The fraction of sp³-hybridized carbons (Fsp3) is 0.346. The van der Waals surface area contributed by atoms with Crippen molar-refractivity contribution in [3.05, 3.63) is 70.8 Å². The van der Waals surface area contributed by atoms with Crippen LogP contribution in [-0.2, 0) is 9.53 Å². The summed E-state index contributed by atoms with van der Waals surface area (Å²) < 4.78 is 10.6. The third-order valence-corrected chi connectivity index (χ3v) is 5.45. The van der Waals surface area contributed by atoms with E-state index in [-0.39, 0.29) is 22.6 Å². The Labute approximate surface area is 188 Å². The maximum Gasteiger partial charge on any atom is 0.349 e. The van der Waals surface area contributed by atoms with Gasteiger partial charge in [-0.05, 0) is 36.2 Å². The van der Waals surface area contributed by atoms with Gasteiger partial charge < -0.3 is 15.2 Å². The number of benzene rings is 2. The molecule has 1 aliphatic heterocycles. The van der Waals surface area contributed by atoms with Crippen molar-refractivity contribution in [1.29, 1.82) is 0 Å². The number of carbonyl (C=O) groups is 3. The molecule has 0 aromatic heterocycles. The van der Waals surface area contributed by atoms with Gasteiger partial charge >= 0.3 is 11.9 Å². The Bertz CT molecular complexity index is 1010. The Morgan fingerprint density at radius 2 is 1.50 bits per heavy atom. The molecule has 0 fully saturated rings. The minimum absolute atomic E-state index is 0.0116. The molecule has 168 valence electrons. The Morgan fingerprint density at radius 1 is 0.875 bits per heavy atom. The second-order valence-electron chi connectivity index (χ2n) is 7.84. The van der Waals surface area contributed by atoms with Gasteiger partial charge in [-0.1, -0.05) is 69.7 Å². The van der Waals surface area contributed by atoms with Gasteiger partial charge in [0.2, 0.25) is 5.78 Å². The topological polar surface area (TPSA) is 95.7 Å². The lowest BCUT2D eigenvalue weighted by Gasteiger charge is -2.18. The fourth-order valence-electron chi connectivity index (χ4n) is 3.59. The SMILES string of the molecule is CCCCCCCCCOC(=O)c1ccc(/C(N)=C2/C(=O)Oc3ccccc3C2=O)cc1. The van der Waals surface area contributed by atoms with E-state index in [1.165, 1.54) is 25.7 Å². The molecule has 6 nitrogen and oxygen atoms in total. The van der Waals surface area contributed by atoms with Crippen molar-refractivity contribution < 1.29 is 23.9 Å². The summed E-state index contributed by atoms with van der Waals surface area (Å²) in [4.78, 5) is 37.3. The molecule has 2 N–H and O–H groups in total. The van der Waals surface area contributed by atoms with Crippen LogP contribution >= 0.6 is 0 Å². The van der Waals surface area contributed by atoms with E-state index in [0.717, 1.165) is 19.3 Å². The van der Waals surface area contributed by atoms with Crippen molar-refractivity contribution in [1.82, 2.24) is 0 Å². The number of Topliss-reactive ketones (excluding diaryl/α,β-unsaturated/α-hetero) is 1. The highest BCUT2D eigenvalue weighted by Gasteiger charge is 2.33. The predicted octanol–water partition coefficient (Wildman–Crippen LogP) is 5.07. The maximum absolute atomic E-state index is 12.7. The van der Waals surface area contributed by atoms with Crippen LogP contribution in [-0.4, -0.2) is 24.3 Å². The van der Waals surface area contributed by atoms with E-state index in [2.05, 4.69) is 6.92 Å². The highest BCUT2D eigenvalue weighted by atomic mass is 16.5. The average Bonchev–Trinajstić information content (AvgIpc) is 2.80. The van der Waals surface area contributed by atoms with Gasteiger partial charge in [0.25, 0.3) is 0 Å². The van der Waals surface area contributed by atoms with Crippen molar-refractivity contribution in [2.45, 2.75) is 51.9 Å². The monoisotopic (exact) mass is 435 g/mol. The molecule has 1 aliphatic rings. The number of esters is 2. The Morgan fingerprint density at radius 3 is 2.22 bits per heavy atom. The Kier molecular flexibility index (Phi) is 8.20. The largest absolute Gasteiger partial charge is 0.462 e. The number of hydrogen-bond donors (Lipinski definition) is 1. The van der Waals surface area contributed by atoms with Gasteiger partial charge in [-0.2, -0.15) is 0 Å². The highest BCUT2D eigenvalue weighted by molar-refractivity contribution is 6.31. The molecule has 0 atom stereocenters. The van der Waals surface area contributed by atoms with Gasteiger partial charge in [-0.15, -0.1) is 0 Å². The van der Waals surface area contributed by atoms with Crippen LogP contribution in [0.15, 0.2) is 54.1 Å². The van der Waals surface area contributed by atoms with Crippen LogP contribution in [0, 0.1) is 0 Å². The molecule has 0 aliphatic carbocycles.